The Morgan fingerprint density at radius 2 is 1.69 bits per heavy atom. The number of halogens is 1. The van der Waals surface area contributed by atoms with Gasteiger partial charge in [0.05, 0.1) is 16.3 Å². The molecule has 0 radical (unpaired) electrons. The van der Waals surface area contributed by atoms with Gasteiger partial charge in [-0.1, -0.05) is 60.1 Å². The maximum Gasteiger partial charge on any atom is 0.328 e. The van der Waals surface area contributed by atoms with Gasteiger partial charge in [-0.15, -0.1) is 0 Å². The molecule has 180 valence electrons. The number of aryl methyl sites for hydroxylation is 1. The van der Waals surface area contributed by atoms with Gasteiger partial charge in [-0.25, -0.2) is 22.6 Å². The van der Waals surface area contributed by atoms with Crippen LogP contribution < -0.4 is 10.0 Å². The average Bonchev–Trinajstić information content (AvgIpc) is 3.13. The number of benzene rings is 3. The summed E-state index contributed by atoms with van der Waals surface area (Å²) in [6.45, 7) is 4.33. The van der Waals surface area contributed by atoms with Crippen LogP contribution in [0.15, 0.2) is 83.8 Å². The Morgan fingerprint density at radius 3 is 2.37 bits per heavy atom. The number of urea groups is 1. The van der Waals surface area contributed by atoms with Gasteiger partial charge in [-0.05, 0) is 61.7 Å². The number of sulfonamides is 1. The fourth-order valence-corrected chi connectivity index (χ4v) is 5.12. The monoisotopic (exact) mass is 508 g/mol. The molecule has 3 aromatic carbocycles. The first kappa shape index (κ1) is 24.5. The fraction of sp³-hybridized carbons (Fsp3) is 0.154. The molecule has 0 saturated heterocycles. The predicted molar refractivity (Wildman–Crippen MR) is 137 cm³/mol. The molecule has 2 amide bonds. The van der Waals surface area contributed by atoms with Crippen LogP contribution in [0, 0.1) is 13.8 Å². The lowest BCUT2D eigenvalue weighted by Crippen LogP contribution is -2.40. The second-order valence-electron chi connectivity index (χ2n) is 8.06. The summed E-state index contributed by atoms with van der Waals surface area (Å²) in [5, 5.41) is 7.57. The van der Waals surface area contributed by atoms with E-state index in [0.717, 1.165) is 33.8 Å². The Labute approximate surface area is 209 Å². The van der Waals surface area contributed by atoms with Crippen molar-refractivity contribution in [1.29, 1.82) is 0 Å². The molecule has 0 fully saturated rings. The third-order valence-corrected chi connectivity index (χ3v) is 7.13. The Bertz CT molecular complexity index is 1450. The summed E-state index contributed by atoms with van der Waals surface area (Å²) in [5.74, 6) is 0. The van der Waals surface area contributed by atoms with Crippen LogP contribution in [0.3, 0.4) is 0 Å². The number of nitrogens with zero attached hydrogens (tertiary/aromatic N) is 2. The topological polar surface area (TPSA) is 93.1 Å². The van der Waals surface area contributed by atoms with Crippen LogP contribution >= 0.6 is 11.6 Å². The molecule has 4 aromatic rings. The lowest BCUT2D eigenvalue weighted by Gasteiger charge is -2.10. The Kier molecular flexibility index (Phi) is 7.23. The first-order chi connectivity index (χ1) is 16.7. The molecule has 2 N–H and O–H groups in total. The number of hydrogen-bond acceptors (Lipinski definition) is 4. The van der Waals surface area contributed by atoms with E-state index < -0.39 is 16.1 Å². The van der Waals surface area contributed by atoms with E-state index in [9.17, 15) is 13.2 Å². The lowest BCUT2D eigenvalue weighted by molar-refractivity contribution is 0.246. The molecule has 0 aliphatic heterocycles. The van der Waals surface area contributed by atoms with Crippen molar-refractivity contribution in [2.45, 2.75) is 25.2 Å². The zero-order valence-electron chi connectivity index (χ0n) is 19.3. The van der Waals surface area contributed by atoms with Crippen molar-refractivity contribution in [2.75, 3.05) is 6.54 Å². The summed E-state index contributed by atoms with van der Waals surface area (Å²) in [4.78, 5) is 12.0. The van der Waals surface area contributed by atoms with Crippen LogP contribution in [0.5, 0.6) is 0 Å². The van der Waals surface area contributed by atoms with Crippen molar-refractivity contribution < 1.29 is 13.2 Å². The molecule has 0 bridgehead atoms. The number of carbonyl (C=O) groups excluding carboxylic acids is 1. The van der Waals surface area contributed by atoms with E-state index in [1.165, 1.54) is 18.2 Å². The highest BCUT2D eigenvalue weighted by Gasteiger charge is 2.18. The Hall–Kier alpha value is -3.62. The first-order valence-corrected chi connectivity index (χ1v) is 12.9. The van der Waals surface area contributed by atoms with Crippen molar-refractivity contribution in [3.8, 4) is 16.8 Å². The van der Waals surface area contributed by atoms with Gasteiger partial charge >= 0.3 is 6.03 Å². The van der Waals surface area contributed by atoms with Gasteiger partial charge in [0.1, 0.15) is 0 Å². The van der Waals surface area contributed by atoms with Gasteiger partial charge < -0.3 is 5.32 Å². The molecule has 0 spiro atoms. The summed E-state index contributed by atoms with van der Waals surface area (Å²) in [5.41, 5.74) is 6.21. The molecule has 0 saturated carbocycles. The molecular weight excluding hydrogens is 484 g/mol. The molecule has 1 aromatic heterocycles. The fourth-order valence-electron chi connectivity index (χ4n) is 3.89. The zero-order chi connectivity index (χ0) is 25.0. The number of hydrogen-bond donors (Lipinski definition) is 2. The normalized spacial score (nSPS) is 11.3. The summed E-state index contributed by atoms with van der Waals surface area (Å²) in [6, 6.07) is 23.0. The van der Waals surface area contributed by atoms with Gasteiger partial charge in [0.2, 0.25) is 0 Å². The summed E-state index contributed by atoms with van der Waals surface area (Å²) in [6.07, 6.45) is 0.539. The molecule has 7 nitrogen and oxygen atoms in total. The lowest BCUT2D eigenvalue weighted by atomic mass is 10.0. The number of carbonyl (C=O) groups is 1. The van der Waals surface area contributed by atoms with Gasteiger partial charge in [0.15, 0.2) is 0 Å². The van der Waals surface area contributed by atoms with Crippen molar-refractivity contribution in [1.82, 2.24) is 19.8 Å². The SMILES string of the molecule is Cc1nn(-c2ccc(CCNC(=O)NS(=O)(=O)c3cccc(Cl)c3)cc2)c(C)c1-c1ccccc1. The van der Waals surface area contributed by atoms with Crippen LogP contribution in [-0.4, -0.2) is 30.8 Å². The van der Waals surface area contributed by atoms with E-state index in [4.69, 9.17) is 16.7 Å². The summed E-state index contributed by atoms with van der Waals surface area (Å²) in [7, 11) is -4.00. The van der Waals surface area contributed by atoms with Crippen LogP contribution in [0.4, 0.5) is 4.79 Å². The van der Waals surface area contributed by atoms with E-state index in [-0.39, 0.29) is 16.5 Å². The van der Waals surface area contributed by atoms with Crippen molar-refractivity contribution >= 4 is 27.7 Å². The third kappa shape index (κ3) is 5.72. The maximum atomic E-state index is 12.3. The van der Waals surface area contributed by atoms with E-state index >= 15 is 0 Å². The highest BCUT2D eigenvalue weighted by Crippen LogP contribution is 2.28. The molecule has 0 atom stereocenters. The second kappa shape index (κ2) is 10.3. The van der Waals surface area contributed by atoms with Crippen LogP contribution in [0.2, 0.25) is 5.02 Å². The third-order valence-electron chi connectivity index (χ3n) is 5.57. The maximum absolute atomic E-state index is 12.3. The first-order valence-electron chi connectivity index (χ1n) is 11.0. The van der Waals surface area contributed by atoms with Gasteiger partial charge in [-0.2, -0.15) is 5.10 Å². The minimum atomic E-state index is -4.00. The summed E-state index contributed by atoms with van der Waals surface area (Å²) >= 11 is 5.84. The van der Waals surface area contributed by atoms with E-state index in [1.807, 2.05) is 58.8 Å². The quantitative estimate of drug-likeness (QED) is 0.365. The molecule has 9 heteroatoms. The average molecular weight is 509 g/mol. The second-order valence-corrected chi connectivity index (χ2v) is 10.2. The van der Waals surface area contributed by atoms with Crippen molar-refractivity contribution in [3.05, 3.63) is 101 Å². The smallest absolute Gasteiger partial charge is 0.328 e. The molecule has 1 heterocycles. The molecular formula is C26H25ClN4O3S. The molecule has 0 unspecified atom stereocenters. The van der Waals surface area contributed by atoms with Gasteiger partial charge in [0.25, 0.3) is 10.0 Å². The molecule has 35 heavy (non-hydrogen) atoms. The number of nitrogens with one attached hydrogen (secondary N) is 2. The van der Waals surface area contributed by atoms with Crippen LogP contribution in [0.25, 0.3) is 16.8 Å². The van der Waals surface area contributed by atoms with E-state index in [1.54, 1.807) is 6.07 Å². The zero-order valence-corrected chi connectivity index (χ0v) is 20.9. The number of amides is 2. The molecule has 4 rings (SSSR count). The standard InChI is InChI=1S/C26H25ClN4O3S/c1-18-25(21-7-4-3-5-8-21)19(2)31(29-18)23-13-11-20(12-14-23)15-16-28-26(32)30-35(33,34)24-10-6-9-22(27)17-24/h3-14,17H,15-16H2,1-2H3,(H2,28,30,32). The van der Waals surface area contributed by atoms with Gasteiger partial charge in [0, 0.05) is 22.8 Å². The molecule has 0 aliphatic rings. The highest BCUT2D eigenvalue weighted by molar-refractivity contribution is 7.90. The largest absolute Gasteiger partial charge is 0.337 e. The van der Waals surface area contributed by atoms with Gasteiger partial charge in [-0.3, -0.25) is 0 Å². The minimum absolute atomic E-state index is 0.0738. The number of rotatable bonds is 7. The van der Waals surface area contributed by atoms with Crippen molar-refractivity contribution in [3.63, 3.8) is 0 Å². The predicted octanol–water partition coefficient (Wildman–Crippen LogP) is 5.04. The van der Waals surface area contributed by atoms with Crippen molar-refractivity contribution in [2.24, 2.45) is 0 Å². The Morgan fingerprint density at radius 1 is 0.971 bits per heavy atom. The summed E-state index contributed by atoms with van der Waals surface area (Å²) < 4.78 is 28.5. The number of aromatic nitrogens is 2. The van der Waals surface area contributed by atoms with Crippen LogP contribution in [0.1, 0.15) is 17.0 Å². The van der Waals surface area contributed by atoms with E-state index in [2.05, 4.69) is 24.4 Å². The van der Waals surface area contributed by atoms with E-state index in [0.29, 0.717) is 6.42 Å². The molecule has 0 aliphatic carbocycles. The van der Waals surface area contributed by atoms with Crippen LogP contribution in [-0.2, 0) is 16.4 Å². The Balaban J connectivity index is 1.36. The highest BCUT2D eigenvalue weighted by atomic mass is 35.5. The minimum Gasteiger partial charge on any atom is -0.337 e.